The first-order valence-corrected chi connectivity index (χ1v) is 10.5. The monoisotopic (exact) mass is 417 g/mol. The number of carbonyl (C=O) groups is 3. The third-order valence-electron chi connectivity index (χ3n) is 5.35. The quantitative estimate of drug-likeness (QED) is 0.639. The molecular formula is C22H31N3O5. The molecule has 1 atom stereocenters. The molecule has 0 radical (unpaired) electrons. The summed E-state index contributed by atoms with van der Waals surface area (Å²) in [5, 5.41) is 8.10. The zero-order chi connectivity index (χ0) is 21.9. The van der Waals surface area contributed by atoms with E-state index in [0.717, 1.165) is 44.2 Å². The average Bonchev–Trinajstić information content (AvgIpc) is 3.31. The second-order valence-corrected chi connectivity index (χ2v) is 8.79. The Hall–Kier alpha value is -2.77. The molecule has 0 saturated heterocycles. The predicted molar refractivity (Wildman–Crippen MR) is 113 cm³/mol. The van der Waals surface area contributed by atoms with Gasteiger partial charge in [-0.15, -0.1) is 0 Å². The number of hydrogen-bond acceptors (Lipinski definition) is 5. The van der Waals surface area contributed by atoms with E-state index in [-0.39, 0.29) is 6.54 Å². The van der Waals surface area contributed by atoms with Gasteiger partial charge in [0.15, 0.2) is 0 Å². The molecule has 0 unspecified atom stereocenters. The smallest absolute Gasteiger partial charge is 0.407 e. The van der Waals surface area contributed by atoms with E-state index in [1.807, 2.05) is 0 Å². The second kappa shape index (κ2) is 8.93. The molecule has 0 spiro atoms. The number of fused-ring (bicyclic) bond motifs is 2. The van der Waals surface area contributed by atoms with Gasteiger partial charge in [0.2, 0.25) is 0 Å². The normalized spacial score (nSPS) is 15.6. The molecule has 0 bridgehead atoms. The number of alkyl carbamates (subject to hydrolysis) is 1. The molecule has 0 aromatic heterocycles. The van der Waals surface area contributed by atoms with Crippen LogP contribution in [0.25, 0.3) is 0 Å². The summed E-state index contributed by atoms with van der Waals surface area (Å²) in [6.07, 6.45) is 5.44. The second-order valence-electron chi connectivity index (χ2n) is 8.79. The molecule has 0 fully saturated rings. The van der Waals surface area contributed by atoms with Crippen LogP contribution < -0.4 is 16.0 Å². The summed E-state index contributed by atoms with van der Waals surface area (Å²) < 4.78 is 9.94. The molecule has 8 heteroatoms. The Bertz CT molecular complexity index is 812. The first-order valence-electron chi connectivity index (χ1n) is 10.5. The number of carbonyl (C=O) groups excluding carboxylic acids is 3. The van der Waals surface area contributed by atoms with Crippen molar-refractivity contribution in [1.29, 1.82) is 0 Å². The highest BCUT2D eigenvalue weighted by atomic mass is 16.6. The molecule has 0 heterocycles. The maximum Gasteiger partial charge on any atom is 0.407 e. The van der Waals surface area contributed by atoms with E-state index in [9.17, 15) is 14.4 Å². The SMILES string of the molecule is COC(=O)[C@@H](CNC(=O)OC(C)(C)C)NC(=O)Nc1c2c(cc3c1CCC3)CCC2. The van der Waals surface area contributed by atoms with E-state index in [1.54, 1.807) is 20.8 Å². The summed E-state index contributed by atoms with van der Waals surface area (Å²) in [5.74, 6) is -0.648. The van der Waals surface area contributed by atoms with Crippen molar-refractivity contribution in [1.82, 2.24) is 10.6 Å². The first kappa shape index (κ1) is 21.9. The summed E-state index contributed by atoms with van der Waals surface area (Å²) in [5.41, 5.74) is 5.24. The van der Waals surface area contributed by atoms with Crippen LogP contribution in [-0.2, 0) is 40.0 Å². The number of benzene rings is 1. The maximum absolute atomic E-state index is 12.7. The lowest BCUT2D eigenvalue weighted by Gasteiger charge is -2.22. The molecule has 0 saturated carbocycles. The fraction of sp³-hybridized carbons (Fsp3) is 0.591. The fourth-order valence-electron chi connectivity index (χ4n) is 4.11. The lowest BCUT2D eigenvalue weighted by Crippen LogP contribution is -2.50. The van der Waals surface area contributed by atoms with Crippen molar-refractivity contribution < 1.29 is 23.9 Å². The van der Waals surface area contributed by atoms with E-state index in [4.69, 9.17) is 9.47 Å². The first-order chi connectivity index (χ1) is 14.2. The van der Waals surface area contributed by atoms with Gasteiger partial charge < -0.3 is 25.4 Å². The van der Waals surface area contributed by atoms with Crippen molar-refractivity contribution >= 4 is 23.8 Å². The summed E-state index contributed by atoms with van der Waals surface area (Å²) in [6.45, 7) is 5.09. The summed E-state index contributed by atoms with van der Waals surface area (Å²) in [6, 6.07) is 0.758. The van der Waals surface area contributed by atoms with Gasteiger partial charge in [-0.05, 0) is 81.5 Å². The minimum atomic E-state index is -1.03. The number of urea groups is 1. The highest BCUT2D eigenvalue weighted by molar-refractivity contribution is 5.94. The predicted octanol–water partition coefficient (Wildman–Crippen LogP) is 2.85. The van der Waals surface area contributed by atoms with Gasteiger partial charge >= 0.3 is 18.1 Å². The number of rotatable bonds is 5. The molecule has 1 aromatic carbocycles. The number of esters is 1. The van der Waals surface area contributed by atoms with E-state index < -0.39 is 29.7 Å². The van der Waals surface area contributed by atoms with Crippen LogP contribution in [0.1, 0.15) is 55.9 Å². The Morgan fingerprint density at radius 2 is 1.63 bits per heavy atom. The maximum atomic E-state index is 12.7. The lowest BCUT2D eigenvalue weighted by molar-refractivity contribution is -0.142. The van der Waals surface area contributed by atoms with Gasteiger partial charge in [0.05, 0.1) is 13.7 Å². The molecule has 164 valence electrons. The number of aryl methyl sites for hydroxylation is 2. The highest BCUT2D eigenvalue weighted by Crippen LogP contribution is 2.38. The van der Waals surface area contributed by atoms with Crippen LogP contribution in [0.4, 0.5) is 15.3 Å². The Morgan fingerprint density at radius 3 is 2.17 bits per heavy atom. The van der Waals surface area contributed by atoms with Gasteiger partial charge in [-0.25, -0.2) is 14.4 Å². The molecule has 8 nitrogen and oxygen atoms in total. The highest BCUT2D eigenvalue weighted by Gasteiger charge is 2.27. The zero-order valence-electron chi connectivity index (χ0n) is 18.1. The van der Waals surface area contributed by atoms with Crippen LogP contribution in [-0.4, -0.2) is 43.4 Å². The Balaban J connectivity index is 1.67. The van der Waals surface area contributed by atoms with Crippen LogP contribution in [0.5, 0.6) is 0 Å². The third-order valence-corrected chi connectivity index (χ3v) is 5.35. The van der Waals surface area contributed by atoms with Gasteiger partial charge in [-0.1, -0.05) is 6.07 Å². The number of methoxy groups -OCH3 is 1. The molecule has 2 aliphatic carbocycles. The summed E-state index contributed by atoms with van der Waals surface area (Å²) in [7, 11) is 1.24. The van der Waals surface area contributed by atoms with Gasteiger partial charge in [0, 0.05) is 5.69 Å². The number of nitrogens with one attached hydrogen (secondary N) is 3. The summed E-state index contributed by atoms with van der Waals surface area (Å²) >= 11 is 0. The molecule has 2 aliphatic rings. The van der Waals surface area contributed by atoms with Crippen molar-refractivity contribution in [2.24, 2.45) is 0 Å². The minimum Gasteiger partial charge on any atom is -0.467 e. The molecular weight excluding hydrogens is 386 g/mol. The van der Waals surface area contributed by atoms with E-state index in [0.29, 0.717) is 0 Å². The van der Waals surface area contributed by atoms with Crippen molar-refractivity contribution in [2.45, 2.75) is 70.9 Å². The minimum absolute atomic E-state index is 0.139. The van der Waals surface area contributed by atoms with E-state index in [2.05, 4.69) is 22.0 Å². The van der Waals surface area contributed by atoms with Gasteiger partial charge in [0.25, 0.3) is 0 Å². The molecule has 30 heavy (non-hydrogen) atoms. The molecule has 3 rings (SSSR count). The lowest BCUT2D eigenvalue weighted by atomic mass is 9.99. The van der Waals surface area contributed by atoms with E-state index >= 15 is 0 Å². The van der Waals surface area contributed by atoms with Crippen molar-refractivity contribution in [3.05, 3.63) is 28.3 Å². The fourth-order valence-corrected chi connectivity index (χ4v) is 4.11. The topological polar surface area (TPSA) is 106 Å². The number of anilines is 1. The summed E-state index contributed by atoms with van der Waals surface area (Å²) in [4.78, 5) is 36.8. The van der Waals surface area contributed by atoms with Crippen LogP contribution in [0.15, 0.2) is 6.07 Å². The van der Waals surface area contributed by atoms with Gasteiger partial charge in [-0.3, -0.25) is 0 Å². The number of hydrogen-bond donors (Lipinski definition) is 3. The Kier molecular flexibility index (Phi) is 6.53. The Morgan fingerprint density at radius 1 is 1.03 bits per heavy atom. The van der Waals surface area contributed by atoms with E-state index in [1.165, 1.54) is 29.4 Å². The zero-order valence-corrected chi connectivity index (χ0v) is 18.1. The molecule has 0 aliphatic heterocycles. The number of ether oxygens (including phenoxy) is 2. The molecule has 3 amide bonds. The van der Waals surface area contributed by atoms with Crippen LogP contribution in [0, 0.1) is 0 Å². The van der Waals surface area contributed by atoms with Crippen molar-refractivity contribution in [3.63, 3.8) is 0 Å². The van der Waals surface area contributed by atoms with Crippen LogP contribution in [0.3, 0.4) is 0 Å². The van der Waals surface area contributed by atoms with Crippen molar-refractivity contribution in [3.8, 4) is 0 Å². The van der Waals surface area contributed by atoms with Gasteiger partial charge in [-0.2, -0.15) is 0 Å². The van der Waals surface area contributed by atoms with Gasteiger partial charge in [0.1, 0.15) is 11.6 Å². The largest absolute Gasteiger partial charge is 0.467 e. The molecule has 3 N–H and O–H groups in total. The average molecular weight is 418 g/mol. The third kappa shape index (κ3) is 5.23. The number of amides is 3. The Labute approximate surface area is 177 Å². The molecule has 1 aromatic rings. The van der Waals surface area contributed by atoms with Crippen molar-refractivity contribution in [2.75, 3.05) is 19.0 Å². The van der Waals surface area contributed by atoms with Crippen LogP contribution >= 0.6 is 0 Å². The standard InChI is InChI=1S/C22H31N3O5/c1-22(2,3)30-21(28)23-12-17(19(26)29-4)24-20(27)25-18-15-9-5-7-13(15)11-14-8-6-10-16(14)18/h11,17H,5-10,12H2,1-4H3,(H,23,28)(H2,24,25,27)/t17-/m1/s1. The van der Waals surface area contributed by atoms with Crippen LogP contribution in [0.2, 0.25) is 0 Å².